The van der Waals surface area contributed by atoms with Crippen LogP contribution in [0.2, 0.25) is 5.02 Å². The second-order valence-corrected chi connectivity index (χ2v) is 6.47. The third-order valence-corrected chi connectivity index (χ3v) is 4.12. The molecule has 2 amide bonds. The molecule has 0 atom stereocenters. The molecule has 5 N–H and O–H groups in total. The number of hydrazine groups is 1. The number of carbonyl (C=O) groups is 2. The van der Waals surface area contributed by atoms with Gasteiger partial charge in [-0.3, -0.25) is 25.5 Å². The number of nitrogens with two attached hydrogens (primary N) is 1. The van der Waals surface area contributed by atoms with Crippen molar-refractivity contribution >= 4 is 33.4 Å². The van der Waals surface area contributed by atoms with E-state index in [1.807, 2.05) is 0 Å². The number of carbonyl (C=O) groups excluding carboxylic acids is 2. The van der Waals surface area contributed by atoms with Crippen LogP contribution in [0.15, 0.2) is 29.2 Å². The number of benzene rings is 1. The van der Waals surface area contributed by atoms with Crippen LogP contribution < -0.4 is 16.0 Å². The van der Waals surface area contributed by atoms with Crippen molar-refractivity contribution in [1.29, 1.82) is 0 Å². The molecule has 0 aliphatic rings. The fraction of sp³-hybridized carbons (Fsp3) is 0.0833. The third-order valence-electron chi connectivity index (χ3n) is 2.73. The van der Waals surface area contributed by atoms with Gasteiger partial charge in [0.15, 0.2) is 5.69 Å². The van der Waals surface area contributed by atoms with Gasteiger partial charge in [0.2, 0.25) is 10.0 Å². The number of amides is 2. The van der Waals surface area contributed by atoms with E-state index in [0.29, 0.717) is 5.69 Å². The van der Waals surface area contributed by atoms with Crippen LogP contribution in [0.3, 0.4) is 0 Å². The minimum absolute atomic E-state index is 0.0445. The van der Waals surface area contributed by atoms with Gasteiger partial charge in [-0.2, -0.15) is 5.10 Å². The topological polar surface area (TPSA) is 147 Å². The Labute approximate surface area is 136 Å². The maximum atomic E-state index is 11.9. The lowest BCUT2D eigenvalue weighted by Gasteiger charge is -2.08. The maximum absolute atomic E-state index is 11.9. The van der Waals surface area contributed by atoms with Crippen LogP contribution in [0.5, 0.6) is 0 Å². The van der Waals surface area contributed by atoms with Gasteiger partial charge in [0.25, 0.3) is 11.8 Å². The average Bonchev–Trinajstić information content (AvgIpc) is 2.90. The Balaban J connectivity index is 2.11. The highest BCUT2D eigenvalue weighted by molar-refractivity contribution is 7.89. The maximum Gasteiger partial charge on any atom is 0.290 e. The van der Waals surface area contributed by atoms with Crippen molar-refractivity contribution in [3.63, 3.8) is 0 Å². The number of aromatic nitrogens is 2. The van der Waals surface area contributed by atoms with Gasteiger partial charge in [-0.1, -0.05) is 11.6 Å². The highest BCUT2D eigenvalue weighted by Gasteiger charge is 2.17. The average molecular weight is 358 g/mol. The molecular formula is C12H12ClN5O4S. The summed E-state index contributed by atoms with van der Waals surface area (Å²) in [4.78, 5) is 23.3. The minimum Gasteiger partial charge on any atom is -0.282 e. The van der Waals surface area contributed by atoms with Crippen molar-refractivity contribution in [3.8, 4) is 0 Å². The minimum atomic E-state index is -4.07. The number of halogens is 1. The fourth-order valence-electron chi connectivity index (χ4n) is 1.65. The number of hydrogen-bond acceptors (Lipinski definition) is 5. The standard InChI is InChI=1S/C12H12ClN5O4S/c1-6-4-9(16-15-6)12(20)18-17-11(19)7-2-3-8(13)10(5-7)23(14,21)22/h2-5H,1H3,(H,15,16)(H,17,19)(H,18,20)(H2,14,21,22). The molecule has 0 aliphatic heterocycles. The number of H-pyrrole nitrogens is 1. The highest BCUT2D eigenvalue weighted by atomic mass is 35.5. The van der Waals surface area contributed by atoms with Crippen LogP contribution in [-0.4, -0.2) is 30.4 Å². The van der Waals surface area contributed by atoms with E-state index in [4.69, 9.17) is 16.7 Å². The monoisotopic (exact) mass is 357 g/mol. The van der Waals surface area contributed by atoms with Crippen molar-refractivity contribution in [3.05, 3.63) is 46.2 Å². The molecule has 11 heteroatoms. The second kappa shape index (κ2) is 6.36. The Morgan fingerprint density at radius 3 is 2.43 bits per heavy atom. The SMILES string of the molecule is Cc1cc(C(=O)NNC(=O)c2ccc(Cl)c(S(N)(=O)=O)c2)n[nH]1. The van der Waals surface area contributed by atoms with Crippen molar-refractivity contribution in [2.75, 3.05) is 0 Å². The van der Waals surface area contributed by atoms with Crippen molar-refractivity contribution in [1.82, 2.24) is 21.0 Å². The molecule has 0 saturated heterocycles. The van der Waals surface area contributed by atoms with E-state index in [-0.39, 0.29) is 21.2 Å². The lowest BCUT2D eigenvalue weighted by Crippen LogP contribution is -2.41. The smallest absolute Gasteiger partial charge is 0.282 e. The molecule has 1 aromatic carbocycles. The number of aryl methyl sites for hydroxylation is 1. The number of hydrogen-bond donors (Lipinski definition) is 4. The van der Waals surface area contributed by atoms with Gasteiger partial charge in [-0.05, 0) is 31.2 Å². The first-order valence-corrected chi connectivity index (χ1v) is 8.06. The normalized spacial score (nSPS) is 11.1. The van der Waals surface area contributed by atoms with E-state index in [2.05, 4.69) is 21.0 Å². The molecule has 9 nitrogen and oxygen atoms in total. The zero-order valence-corrected chi connectivity index (χ0v) is 13.3. The van der Waals surface area contributed by atoms with Crippen LogP contribution in [0.4, 0.5) is 0 Å². The molecule has 2 aromatic rings. The zero-order chi connectivity index (χ0) is 17.2. The molecule has 0 aliphatic carbocycles. The number of nitrogens with one attached hydrogen (secondary N) is 3. The van der Waals surface area contributed by atoms with Crippen molar-refractivity contribution in [2.24, 2.45) is 5.14 Å². The molecule has 1 heterocycles. The number of nitrogens with zero attached hydrogens (tertiary/aromatic N) is 1. The Morgan fingerprint density at radius 2 is 1.87 bits per heavy atom. The summed E-state index contributed by atoms with van der Waals surface area (Å²) >= 11 is 5.72. The third kappa shape index (κ3) is 4.06. The number of sulfonamides is 1. The van der Waals surface area contributed by atoms with E-state index >= 15 is 0 Å². The first kappa shape index (κ1) is 16.9. The summed E-state index contributed by atoms with van der Waals surface area (Å²) in [5.74, 6) is -1.38. The summed E-state index contributed by atoms with van der Waals surface area (Å²) in [5, 5.41) is 11.2. The first-order chi connectivity index (χ1) is 10.7. The summed E-state index contributed by atoms with van der Waals surface area (Å²) < 4.78 is 22.7. The van der Waals surface area contributed by atoms with Crippen LogP contribution in [0.25, 0.3) is 0 Å². The van der Waals surface area contributed by atoms with Crippen molar-refractivity contribution in [2.45, 2.75) is 11.8 Å². The molecule has 23 heavy (non-hydrogen) atoms. The van der Waals surface area contributed by atoms with Gasteiger partial charge >= 0.3 is 0 Å². The largest absolute Gasteiger partial charge is 0.290 e. The van der Waals surface area contributed by atoms with Crippen LogP contribution in [0, 0.1) is 6.92 Å². The number of rotatable bonds is 3. The molecule has 0 bridgehead atoms. The molecule has 0 saturated carbocycles. The lowest BCUT2D eigenvalue weighted by atomic mass is 10.2. The van der Waals surface area contributed by atoms with Gasteiger partial charge in [0, 0.05) is 11.3 Å². The fourth-order valence-corrected chi connectivity index (χ4v) is 2.72. The van der Waals surface area contributed by atoms with Gasteiger partial charge in [-0.25, -0.2) is 13.6 Å². The Kier molecular flexibility index (Phi) is 4.68. The lowest BCUT2D eigenvalue weighted by molar-refractivity contribution is 0.0844. The molecule has 0 spiro atoms. The van der Waals surface area contributed by atoms with E-state index in [9.17, 15) is 18.0 Å². The molecule has 122 valence electrons. The number of aromatic amines is 1. The zero-order valence-electron chi connectivity index (χ0n) is 11.8. The molecule has 0 unspecified atom stereocenters. The predicted octanol–water partition coefficient (Wildman–Crippen LogP) is 0.0937. The first-order valence-electron chi connectivity index (χ1n) is 6.13. The van der Waals surface area contributed by atoms with Crippen LogP contribution >= 0.6 is 11.6 Å². The Bertz CT molecular complexity index is 877. The van der Waals surface area contributed by atoms with Gasteiger partial charge in [-0.15, -0.1) is 0 Å². The highest BCUT2D eigenvalue weighted by Crippen LogP contribution is 2.21. The molecule has 2 rings (SSSR count). The van der Waals surface area contributed by atoms with Gasteiger partial charge < -0.3 is 0 Å². The molecule has 1 aromatic heterocycles. The van der Waals surface area contributed by atoms with E-state index < -0.39 is 21.8 Å². The van der Waals surface area contributed by atoms with Gasteiger partial charge in [0.1, 0.15) is 4.90 Å². The number of primary sulfonamides is 1. The summed E-state index contributed by atoms with van der Waals surface area (Å²) in [5.41, 5.74) is 5.00. The van der Waals surface area contributed by atoms with Crippen molar-refractivity contribution < 1.29 is 18.0 Å². The molecular weight excluding hydrogens is 346 g/mol. The van der Waals surface area contributed by atoms with Crippen LogP contribution in [-0.2, 0) is 10.0 Å². The van der Waals surface area contributed by atoms with E-state index in [1.54, 1.807) is 6.92 Å². The quantitative estimate of drug-likeness (QED) is 0.575. The summed E-state index contributed by atoms with van der Waals surface area (Å²) in [6.45, 7) is 1.71. The van der Waals surface area contributed by atoms with E-state index in [0.717, 1.165) is 6.07 Å². The summed E-state index contributed by atoms with van der Waals surface area (Å²) in [7, 11) is -4.07. The second-order valence-electron chi connectivity index (χ2n) is 4.53. The molecule has 0 radical (unpaired) electrons. The Hall–Kier alpha value is -2.43. The Morgan fingerprint density at radius 1 is 1.22 bits per heavy atom. The molecule has 0 fully saturated rings. The van der Waals surface area contributed by atoms with Gasteiger partial charge in [0.05, 0.1) is 5.02 Å². The summed E-state index contributed by atoms with van der Waals surface area (Å²) in [6, 6.07) is 5.01. The van der Waals surface area contributed by atoms with Crippen LogP contribution in [0.1, 0.15) is 26.5 Å². The predicted molar refractivity (Wildman–Crippen MR) is 81.1 cm³/mol. The summed E-state index contributed by atoms with van der Waals surface area (Å²) in [6.07, 6.45) is 0. The van der Waals surface area contributed by atoms with E-state index in [1.165, 1.54) is 18.2 Å².